The lowest BCUT2D eigenvalue weighted by atomic mass is 10.2. The molecule has 0 saturated carbocycles. The number of ether oxygens (including phenoxy) is 2. The molecule has 4 aromatic rings. The van der Waals surface area contributed by atoms with Gasteiger partial charge in [-0.25, -0.2) is 5.43 Å². The molecule has 0 radical (unpaired) electrons. The fourth-order valence-electron chi connectivity index (χ4n) is 3.43. The van der Waals surface area contributed by atoms with Crippen LogP contribution in [0.3, 0.4) is 0 Å². The number of nitrogens with zero attached hydrogens (tertiary/aromatic N) is 1. The van der Waals surface area contributed by atoms with E-state index in [1.165, 1.54) is 31.5 Å². The smallest absolute Gasteiger partial charge is 0.339 e. The Morgan fingerprint density at radius 3 is 2.33 bits per heavy atom. The normalized spacial score (nSPS) is 11.3. The number of benzene rings is 4. The van der Waals surface area contributed by atoms with E-state index in [4.69, 9.17) is 13.7 Å². The van der Waals surface area contributed by atoms with Crippen molar-refractivity contribution in [3.8, 4) is 17.2 Å². The summed E-state index contributed by atoms with van der Waals surface area (Å²) in [4.78, 5) is 12.7. The number of rotatable bonds is 10. The summed E-state index contributed by atoms with van der Waals surface area (Å²) in [5.41, 5.74) is 5.35. The van der Waals surface area contributed by atoms with Crippen LogP contribution >= 0.6 is 15.9 Å². The number of hydrazone groups is 1. The van der Waals surface area contributed by atoms with Gasteiger partial charge in [0.15, 0.2) is 17.2 Å². The minimum absolute atomic E-state index is 0.0563. The van der Waals surface area contributed by atoms with Crippen molar-refractivity contribution in [3.05, 3.63) is 118 Å². The Kier molecular flexibility index (Phi) is 9.00. The van der Waals surface area contributed by atoms with E-state index in [2.05, 4.69) is 26.5 Å². The maximum absolute atomic E-state index is 12.6. The van der Waals surface area contributed by atoms with Gasteiger partial charge in [-0.05, 0) is 82.5 Å². The standard InChI is InChI=1S/C29H25BrN2O6S/c1-20-8-12-24(13-9-20)39(34,35)38-26-14-10-22(16-25(26)30)18-31-32-29(33)23-11-15-27(28(17-23)36-2)37-19-21-6-4-3-5-7-21/h3-18H,19H2,1-2H3,(H,32,33)/b31-18+. The molecule has 0 fully saturated rings. The van der Waals surface area contributed by atoms with Gasteiger partial charge in [-0.2, -0.15) is 13.5 Å². The highest BCUT2D eigenvalue weighted by Crippen LogP contribution is 2.30. The van der Waals surface area contributed by atoms with Crippen LogP contribution in [0.25, 0.3) is 0 Å². The molecule has 0 aromatic heterocycles. The van der Waals surface area contributed by atoms with Crippen molar-refractivity contribution in [2.45, 2.75) is 18.4 Å². The zero-order chi connectivity index (χ0) is 27.8. The van der Waals surface area contributed by atoms with Crippen LogP contribution in [0.15, 0.2) is 105 Å². The largest absolute Gasteiger partial charge is 0.493 e. The fourth-order valence-corrected chi connectivity index (χ4v) is 4.96. The summed E-state index contributed by atoms with van der Waals surface area (Å²) < 4.78 is 42.0. The second-order valence-electron chi connectivity index (χ2n) is 8.38. The topological polar surface area (TPSA) is 103 Å². The Hall–Kier alpha value is -4.15. The van der Waals surface area contributed by atoms with Crippen LogP contribution in [0.1, 0.15) is 27.0 Å². The van der Waals surface area contributed by atoms with Crippen molar-refractivity contribution < 1.29 is 26.9 Å². The van der Waals surface area contributed by atoms with E-state index in [1.54, 1.807) is 42.5 Å². The molecular formula is C29H25BrN2O6S. The molecule has 0 aliphatic rings. The predicted octanol–water partition coefficient (Wildman–Crippen LogP) is 5.88. The van der Waals surface area contributed by atoms with Crippen molar-refractivity contribution in [1.82, 2.24) is 5.43 Å². The van der Waals surface area contributed by atoms with Crippen LogP contribution < -0.4 is 19.1 Å². The number of aryl methyl sites for hydroxylation is 1. The third-order valence-electron chi connectivity index (χ3n) is 5.51. The minimum Gasteiger partial charge on any atom is -0.493 e. The summed E-state index contributed by atoms with van der Waals surface area (Å²) >= 11 is 3.33. The van der Waals surface area contributed by atoms with Gasteiger partial charge in [0.25, 0.3) is 5.91 Å². The van der Waals surface area contributed by atoms with Crippen molar-refractivity contribution in [3.63, 3.8) is 0 Å². The van der Waals surface area contributed by atoms with Crippen molar-refractivity contribution in [2.24, 2.45) is 5.10 Å². The van der Waals surface area contributed by atoms with E-state index in [-0.39, 0.29) is 10.6 Å². The zero-order valence-corrected chi connectivity index (χ0v) is 23.5. The molecule has 0 bridgehead atoms. The van der Waals surface area contributed by atoms with Crippen LogP contribution in [0.2, 0.25) is 0 Å². The minimum atomic E-state index is -3.99. The summed E-state index contributed by atoms with van der Waals surface area (Å²) in [6, 6.07) is 25.7. The molecule has 0 unspecified atom stereocenters. The van der Waals surface area contributed by atoms with Gasteiger partial charge < -0.3 is 13.7 Å². The SMILES string of the molecule is COc1cc(C(=O)N/N=C/c2ccc(OS(=O)(=O)c3ccc(C)cc3)c(Br)c2)ccc1OCc1ccccc1. The van der Waals surface area contributed by atoms with Crippen LogP contribution in [-0.4, -0.2) is 27.6 Å². The summed E-state index contributed by atoms with van der Waals surface area (Å²) in [5.74, 6) is 0.612. The molecule has 200 valence electrons. The molecule has 8 nitrogen and oxygen atoms in total. The zero-order valence-electron chi connectivity index (χ0n) is 21.1. The van der Waals surface area contributed by atoms with Gasteiger partial charge in [0.1, 0.15) is 11.5 Å². The second-order valence-corrected chi connectivity index (χ2v) is 10.8. The number of methoxy groups -OCH3 is 1. The molecule has 0 heterocycles. The molecule has 1 amide bonds. The number of carbonyl (C=O) groups is 1. The van der Waals surface area contributed by atoms with Crippen molar-refractivity contribution in [2.75, 3.05) is 7.11 Å². The molecule has 10 heteroatoms. The molecule has 39 heavy (non-hydrogen) atoms. The predicted molar refractivity (Wildman–Crippen MR) is 152 cm³/mol. The number of halogens is 1. The van der Waals surface area contributed by atoms with E-state index in [9.17, 15) is 13.2 Å². The van der Waals surface area contributed by atoms with Gasteiger partial charge in [-0.1, -0.05) is 48.0 Å². The van der Waals surface area contributed by atoms with Gasteiger partial charge in [0.05, 0.1) is 17.8 Å². The maximum atomic E-state index is 12.6. The summed E-state index contributed by atoms with van der Waals surface area (Å²) in [6.45, 7) is 2.23. The monoisotopic (exact) mass is 608 g/mol. The lowest BCUT2D eigenvalue weighted by molar-refractivity contribution is 0.0954. The van der Waals surface area contributed by atoms with E-state index in [1.807, 2.05) is 37.3 Å². The van der Waals surface area contributed by atoms with Gasteiger partial charge in [0, 0.05) is 5.56 Å². The molecule has 0 saturated heterocycles. The third kappa shape index (κ3) is 7.46. The summed E-state index contributed by atoms with van der Waals surface area (Å²) in [7, 11) is -2.49. The number of hydrogen-bond acceptors (Lipinski definition) is 7. The molecule has 0 atom stereocenters. The first kappa shape index (κ1) is 27.9. The number of hydrogen-bond donors (Lipinski definition) is 1. The highest BCUT2D eigenvalue weighted by Gasteiger charge is 2.18. The van der Waals surface area contributed by atoms with Gasteiger partial charge in [-0.3, -0.25) is 4.79 Å². The Bertz CT molecular complexity index is 1590. The second kappa shape index (κ2) is 12.6. The lowest BCUT2D eigenvalue weighted by Gasteiger charge is -2.12. The summed E-state index contributed by atoms with van der Waals surface area (Å²) in [6.07, 6.45) is 1.43. The first-order chi connectivity index (χ1) is 18.7. The molecule has 4 rings (SSSR count). The maximum Gasteiger partial charge on any atom is 0.339 e. The van der Waals surface area contributed by atoms with E-state index >= 15 is 0 Å². The van der Waals surface area contributed by atoms with Crippen LogP contribution in [0.4, 0.5) is 0 Å². The van der Waals surface area contributed by atoms with Gasteiger partial charge >= 0.3 is 10.1 Å². The quantitative estimate of drug-likeness (QED) is 0.137. The Morgan fingerprint density at radius 1 is 0.923 bits per heavy atom. The first-order valence-electron chi connectivity index (χ1n) is 11.7. The Morgan fingerprint density at radius 2 is 1.64 bits per heavy atom. The van der Waals surface area contributed by atoms with Crippen molar-refractivity contribution in [1.29, 1.82) is 0 Å². The molecule has 1 N–H and O–H groups in total. The Balaban J connectivity index is 1.37. The highest BCUT2D eigenvalue weighted by atomic mass is 79.9. The third-order valence-corrected chi connectivity index (χ3v) is 7.38. The average molecular weight is 609 g/mol. The van der Waals surface area contributed by atoms with Crippen LogP contribution in [0.5, 0.6) is 17.2 Å². The molecule has 0 aliphatic carbocycles. The summed E-state index contributed by atoms with van der Waals surface area (Å²) in [5, 5.41) is 4.00. The number of nitrogens with one attached hydrogen (secondary N) is 1. The average Bonchev–Trinajstić information content (AvgIpc) is 2.94. The van der Waals surface area contributed by atoms with Gasteiger partial charge in [0.2, 0.25) is 0 Å². The fraction of sp³-hybridized carbons (Fsp3) is 0.103. The van der Waals surface area contributed by atoms with Crippen molar-refractivity contribution >= 4 is 38.2 Å². The molecule has 4 aromatic carbocycles. The molecule has 0 spiro atoms. The van der Waals surface area contributed by atoms with Crippen LogP contribution in [-0.2, 0) is 16.7 Å². The van der Waals surface area contributed by atoms with E-state index < -0.39 is 16.0 Å². The first-order valence-corrected chi connectivity index (χ1v) is 13.9. The molecular weight excluding hydrogens is 584 g/mol. The lowest BCUT2D eigenvalue weighted by Crippen LogP contribution is -2.17. The highest BCUT2D eigenvalue weighted by molar-refractivity contribution is 9.10. The van der Waals surface area contributed by atoms with E-state index in [0.29, 0.717) is 33.7 Å². The molecule has 0 aliphatic heterocycles. The van der Waals surface area contributed by atoms with E-state index in [0.717, 1.165) is 11.1 Å². The van der Waals surface area contributed by atoms with Gasteiger partial charge in [-0.15, -0.1) is 0 Å². The number of carbonyl (C=O) groups excluding carboxylic acids is 1. The van der Waals surface area contributed by atoms with Crippen LogP contribution in [0, 0.1) is 6.92 Å². The Labute approximate surface area is 235 Å². The number of amides is 1.